The Morgan fingerprint density at radius 3 is 2.39 bits per heavy atom. The summed E-state index contributed by atoms with van der Waals surface area (Å²) in [5, 5.41) is 27.9. The van der Waals surface area contributed by atoms with Crippen molar-refractivity contribution >= 4 is 34.7 Å². The lowest BCUT2D eigenvalue weighted by atomic mass is 9.73. The van der Waals surface area contributed by atoms with Crippen LogP contribution in [-0.4, -0.2) is 145 Å². The van der Waals surface area contributed by atoms with E-state index in [1.54, 1.807) is 49.0 Å². The van der Waals surface area contributed by atoms with Gasteiger partial charge in [-0.3, -0.25) is 19.1 Å². The second-order valence-electron chi connectivity index (χ2n) is 18.3. The van der Waals surface area contributed by atoms with Gasteiger partial charge in [0.25, 0.3) is 0 Å². The van der Waals surface area contributed by atoms with E-state index < -0.39 is 83.4 Å². The van der Waals surface area contributed by atoms with Crippen LogP contribution in [-0.2, 0) is 51.2 Å². The number of H-pyrrole nitrogens is 1. The van der Waals surface area contributed by atoms with Crippen molar-refractivity contribution < 1.29 is 53.1 Å². The van der Waals surface area contributed by atoms with Crippen LogP contribution < -0.4 is 5.10 Å². The predicted octanol–water partition coefficient (Wildman–Crippen LogP) is 3.47. The molecule has 13 atom stereocenters. The number of benzene rings is 1. The lowest BCUT2D eigenvalue weighted by molar-refractivity contribution is -0.469. The highest BCUT2D eigenvalue weighted by atomic mass is 16.7. The maximum absolute atomic E-state index is 14.8. The maximum Gasteiger partial charge on any atom is 0.410 e. The zero-order valence-corrected chi connectivity index (χ0v) is 38.1. The van der Waals surface area contributed by atoms with Crippen LogP contribution in [0, 0.1) is 23.7 Å². The molecule has 2 N–H and O–H groups in total. The van der Waals surface area contributed by atoms with Crippen LogP contribution in [0.25, 0.3) is 11.0 Å². The van der Waals surface area contributed by atoms with Crippen molar-refractivity contribution in [3.63, 3.8) is 0 Å². The van der Waals surface area contributed by atoms with Gasteiger partial charge in [0.15, 0.2) is 23.2 Å². The number of unbranched alkanes of at least 4 members (excludes halogenated alkanes) is 1. The fourth-order valence-electron chi connectivity index (χ4n) is 9.96. The third-order valence-corrected chi connectivity index (χ3v) is 13.5. The molecule has 0 spiro atoms. The highest BCUT2D eigenvalue weighted by Crippen LogP contribution is 2.43. The molecule has 0 radical (unpaired) electrons. The molecule has 1 aromatic carbocycles. The summed E-state index contributed by atoms with van der Waals surface area (Å²) < 4.78 is 33.0. The first-order chi connectivity index (χ1) is 29.3. The van der Waals surface area contributed by atoms with Gasteiger partial charge in [0.05, 0.1) is 30.0 Å². The summed E-state index contributed by atoms with van der Waals surface area (Å²) in [6.07, 6.45) is -1.10. The number of aliphatic hydroxyl groups is 1. The molecular formula is C44H67N8O10+. The Morgan fingerprint density at radius 2 is 1.71 bits per heavy atom. The number of aryl methyl sites for hydroxylation is 1. The van der Waals surface area contributed by atoms with Crippen molar-refractivity contribution in [2.45, 2.75) is 155 Å². The summed E-state index contributed by atoms with van der Waals surface area (Å²) in [5.74, 6) is -5.04. The van der Waals surface area contributed by atoms with Crippen molar-refractivity contribution in [2.75, 3.05) is 27.7 Å². The number of nitrogens with one attached hydrogen (secondary N) is 1. The summed E-state index contributed by atoms with van der Waals surface area (Å²) in [4.78, 5) is 62.2. The number of cyclic esters (lactones) is 1. The van der Waals surface area contributed by atoms with Crippen molar-refractivity contribution in [3.8, 4) is 0 Å². The van der Waals surface area contributed by atoms with Crippen molar-refractivity contribution in [2.24, 2.45) is 23.7 Å². The number of para-hydroxylation sites is 1. The fraction of sp³-hybridized carbons (Fsp3) is 0.727. The fourth-order valence-corrected chi connectivity index (χ4v) is 9.96. The van der Waals surface area contributed by atoms with Gasteiger partial charge in [0, 0.05) is 49.1 Å². The molecule has 2 aromatic heterocycles. The Morgan fingerprint density at radius 1 is 1.00 bits per heavy atom. The van der Waals surface area contributed by atoms with E-state index in [1.165, 1.54) is 14.0 Å². The number of ether oxygens (including phenoxy) is 5. The molecule has 18 nitrogen and oxygen atoms in total. The van der Waals surface area contributed by atoms with Crippen LogP contribution in [0.3, 0.4) is 0 Å². The molecule has 342 valence electrons. The number of carbonyl (C=O) groups excluding carboxylic acids is 4. The topological polar surface area (TPSA) is 204 Å². The van der Waals surface area contributed by atoms with Gasteiger partial charge >= 0.3 is 12.1 Å². The van der Waals surface area contributed by atoms with Gasteiger partial charge in [-0.15, -0.1) is 5.10 Å². The standard InChI is InChI=1S/C44H66N8O10/c1-12-34-44(8)38(51(42(57)62-44)20-16-15-19-50-23-30(45-48-50)24-52-46-31-17-13-14-18-32(31)47-52)27(4)35(53)25(2)22-43(7,58-11)39(28(5)36(54)29(6)40(56)60-34)61-41-37(55)33(49(9)10)21-26(3)59-41/h13-14,17-18,23,25-29,33-34,37-39,41,55H,12,15-16,19-22,24H2,1-11H3/p+1/t25-,26?,27+,28+,29-,33?,34-,37?,38-,39-,41?,43+,44-/m1/s1. The van der Waals surface area contributed by atoms with E-state index in [9.17, 15) is 24.3 Å². The van der Waals surface area contributed by atoms with E-state index in [-0.39, 0.29) is 37.3 Å². The number of amides is 1. The van der Waals surface area contributed by atoms with Crippen LogP contribution in [0.4, 0.5) is 4.79 Å². The molecule has 3 fully saturated rings. The van der Waals surface area contributed by atoms with Gasteiger partial charge in [0.2, 0.25) is 5.52 Å². The molecule has 0 aliphatic carbocycles. The highest BCUT2D eigenvalue weighted by molar-refractivity contribution is 6.00. The Balaban J connectivity index is 1.23. The Bertz CT molecular complexity index is 2030. The van der Waals surface area contributed by atoms with Gasteiger partial charge in [-0.25, -0.2) is 4.79 Å². The van der Waals surface area contributed by atoms with Gasteiger partial charge in [-0.1, -0.05) is 45.0 Å². The Labute approximate surface area is 363 Å². The third kappa shape index (κ3) is 9.59. The number of esters is 1. The first-order valence-electron chi connectivity index (χ1n) is 22.0. The molecule has 3 aliphatic heterocycles. The summed E-state index contributed by atoms with van der Waals surface area (Å²) in [7, 11) is 5.23. The molecule has 3 aromatic rings. The van der Waals surface area contributed by atoms with Gasteiger partial charge in [0.1, 0.15) is 36.1 Å². The zero-order chi connectivity index (χ0) is 45.3. The minimum absolute atomic E-state index is 0.119. The molecule has 62 heavy (non-hydrogen) atoms. The molecule has 3 aliphatic rings. The zero-order valence-electron chi connectivity index (χ0n) is 38.1. The van der Waals surface area contributed by atoms with E-state index in [4.69, 9.17) is 23.7 Å². The molecule has 0 saturated carbocycles. The van der Waals surface area contributed by atoms with E-state index in [2.05, 4.69) is 20.5 Å². The number of aliphatic hydroxyl groups excluding tert-OH is 1. The molecule has 4 unspecified atom stereocenters. The number of fused-ring (bicyclic) bond motifs is 2. The number of ketones is 2. The number of methoxy groups -OCH3 is 1. The van der Waals surface area contributed by atoms with Crippen molar-refractivity contribution in [1.29, 1.82) is 0 Å². The Hall–Kier alpha value is -4.36. The SMILES string of the molecule is CC[C@H]1OC(=O)[C@H](C)C(=O)[C@H](C)[C@@H](OC2OC(C)CC(N(C)C)C2O)[C@@](C)(OC)C[C@@H](C)C(=O)[C@H](C)[C@H]2N(CCCCn3cc(Cn4nc5ccccc5[nH+]4)nn3)C(=O)O[C@]12C. The number of hydrogen-bond donors (Lipinski definition) is 1. The minimum atomic E-state index is -1.42. The number of nitrogens with zero attached hydrogens (tertiary/aromatic N) is 7. The normalized spacial score (nSPS) is 35.2. The molecule has 1 amide bonds. The van der Waals surface area contributed by atoms with E-state index >= 15 is 0 Å². The monoisotopic (exact) mass is 867 g/mol. The summed E-state index contributed by atoms with van der Waals surface area (Å²) in [6.45, 7) is 15.2. The van der Waals surface area contributed by atoms with Gasteiger partial charge in [-0.2, -0.15) is 5.10 Å². The third-order valence-electron chi connectivity index (χ3n) is 13.5. The van der Waals surface area contributed by atoms with Crippen LogP contribution in [0.1, 0.15) is 93.2 Å². The Kier molecular flexibility index (Phi) is 14.6. The van der Waals surface area contributed by atoms with E-state index in [1.807, 2.05) is 63.3 Å². The quantitative estimate of drug-likeness (QED) is 0.157. The lowest BCUT2D eigenvalue weighted by Crippen LogP contribution is -2.60. The molecule has 18 heteroatoms. The van der Waals surface area contributed by atoms with Crippen LogP contribution in [0.5, 0.6) is 0 Å². The van der Waals surface area contributed by atoms with E-state index in [0.29, 0.717) is 32.4 Å². The molecule has 3 saturated heterocycles. The number of Topliss-reactive ketones (excluding diaryl/α,β-unsaturated/α-hetero) is 2. The first-order valence-corrected chi connectivity index (χ1v) is 22.0. The first kappa shape index (κ1) is 47.1. The summed E-state index contributed by atoms with van der Waals surface area (Å²) in [6, 6.07) is 6.66. The number of aromatic nitrogens is 6. The van der Waals surface area contributed by atoms with Crippen molar-refractivity contribution in [1.82, 2.24) is 34.7 Å². The van der Waals surface area contributed by atoms with Crippen LogP contribution in [0.2, 0.25) is 0 Å². The van der Waals surface area contributed by atoms with E-state index in [0.717, 1.165) is 16.7 Å². The number of rotatable bonds is 12. The predicted molar refractivity (Wildman–Crippen MR) is 224 cm³/mol. The van der Waals surface area contributed by atoms with Crippen LogP contribution >= 0.6 is 0 Å². The smallest absolute Gasteiger partial charge is 0.410 e. The average molecular weight is 868 g/mol. The average Bonchev–Trinajstić information content (AvgIpc) is 3.94. The number of hydrogen-bond acceptors (Lipinski definition) is 14. The lowest BCUT2D eigenvalue weighted by Gasteiger charge is -2.47. The van der Waals surface area contributed by atoms with Gasteiger partial charge < -0.3 is 38.6 Å². The molecule has 6 rings (SSSR count). The number of aromatic amines is 1. The van der Waals surface area contributed by atoms with Crippen LogP contribution in [0.15, 0.2) is 30.5 Å². The minimum Gasteiger partial charge on any atom is -0.458 e. The van der Waals surface area contributed by atoms with Gasteiger partial charge in [-0.05, 0) is 90.8 Å². The molecule has 5 heterocycles. The summed E-state index contributed by atoms with van der Waals surface area (Å²) in [5.41, 5.74) is -0.200. The largest absolute Gasteiger partial charge is 0.458 e. The van der Waals surface area contributed by atoms with Crippen molar-refractivity contribution in [3.05, 3.63) is 36.2 Å². The molecule has 0 bridgehead atoms. The second-order valence-corrected chi connectivity index (χ2v) is 18.3. The molecular weight excluding hydrogens is 801 g/mol. The highest BCUT2D eigenvalue weighted by Gasteiger charge is 2.60. The summed E-state index contributed by atoms with van der Waals surface area (Å²) >= 11 is 0. The number of likely N-dealkylation sites (N-methyl/N-ethyl adjacent to an activating group) is 1. The second kappa shape index (κ2) is 19.2. The number of carbonyl (C=O) groups is 4. The maximum atomic E-state index is 14.8.